The predicted molar refractivity (Wildman–Crippen MR) is 132 cm³/mol. The molecule has 0 aromatic heterocycles. The van der Waals surface area contributed by atoms with Crippen molar-refractivity contribution in [1.29, 1.82) is 0 Å². The summed E-state index contributed by atoms with van der Waals surface area (Å²) in [4.78, 5) is 12.3. The van der Waals surface area contributed by atoms with E-state index >= 15 is 0 Å². The molecular weight excluding hydrogens is 477 g/mol. The maximum Gasteiger partial charge on any atom is 0.534 e. The fraction of sp³-hybridized carbons (Fsp3) is 0.519. The monoisotopic (exact) mass is 512 g/mol. The molecule has 0 fully saturated rings. The molecule has 0 saturated carbocycles. The van der Waals surface area contributed by atoms with Crippen LogP contribution in [0.2, 0.25) is 0 Å². The van der Waals surface area contributed by atoms with Crippen molar-refractivity contribution in [3.05, 3.63) is 64.2 Å². The zero-order valence-electron chi connectivity index (χ0n) is 21.5. The van der Waals surface area contributed by atoms with Crippen LogP contribution in [0.4, 0.5) is 13.2 Å². The minimum absolute atomic E-state index is 0.211. The van der Waals surface area contributed by atoms with Gasteiger partial charge in [0.1, 0.15) is 11.5 Å². The van der Waals surface area contributed by atoms with Gasteiger partial charge < -0.3 is 4.18 Å². The molecule has 0 N–H and O–H groups in total. The molecule has 8 heteroatoms. The highest BCUT2D eigenvalue weighted by atomic mass is 32.2. The van der Waals surface area contributed by atoms with Crippen LogP contribution in [0.3, 0.4) is 0 Å². The quantitative estimate of drug-likeness (QED) is 0.264. The smallest absolute Gasteiger partial charge is 0.376 e. The van der Waals surface area contributed by atoms with Crippen molar-refractivity contribution in [2.75, 3.05) is 0 Å². The van der Waals surface area contributed by atoms with Gasteiger partial charge in [0.05, 0.1) is 0 Å². The minimum atomic E-state index is -5.74. The number of benzene rings is 2. The van der Waals surface area contributed by atoms with E-state index in [9.17, 15) is 26.4 Å². The maximum atomic E-state index is 12.7. The lowest BCUT2D eigenvalue weighted by Crippen LogP contribution is -2.29. The molecule has 0 aliphatic heterocycles. The number of hydrogen-bond donors (Lipinski definition) is 0. The van der Waals surface area contributed by atoms with Crippen LogP contribution in [-0.4, -0.2) is 19.7 Å². The van der Waals surface area contributed by atoms with Crippen molar-refractivity contribution in [2.24, 2.45) is 5.41 Å². The molecule has 0 aliphatic carbocycles. The summed E-state index contributed by atoms with van der Waals surface area (Å²) in [6.45, 7) is 13.4. The van der Waals surface area contributed by atoms with Crippen molar-refractivity contribution >= 4 is 15.9 Å². The van der Waals surface area contributed by atoms with Crippen LogP contribution in [0.1, 0.15) is 81.7 Å². The van der Waals surface area contributed by atoms with Gasteiger partial charge in [0.15, 0.2) is 0 Å². The van der Waals surface area contributed by atoms with Gasteiger partial charge in [-0.25, -0.2) is 0 Å². The van der Waals surface area contributed by atoms with Gasteiger partial charge in [0.2, 0.25) is 0 Å². The van der Waals surface area contributed by atoms with Gasteiger partial charge in [-0.3, -0.25) is 4.79 Å². The van der Waals surface area contributed by atoms with Crippen molar-refractivity contribution in [3.8, 4) is 5.75 Å². The molecule has 0 aliphatic rings. The molecular formula is C27H35F3O4S. The molecule has 2 rings (SSSR count). The first-order chi connectivity index (χ1) is 16.0. The molecule has 0 amide bonds. The van der Waals surface area contributed by atoms with Gasteiger partial charge in [0.25, 0.3) is 0 Å². The van der Waals surface area contributed by atoms with Crippen molar-refractivity contribution < 1.29 is 30.6 Å². The SMILES string of the molecule is CCC(CC)(c1ccc(CCC(=O)C(C)(C)C)c(C)c1)c1ccc(OS(=O)(=O)C(F)(F)F)c(C)c1. The van der Waals surface area contributed by atoms with E-state index in [-0.39, 0.29) is 16.9 Å². The average molecular weight is 513 g/mol. The molecule has 0 heterocycles. The summed E-state index contributed by atoms with van der Waals surface area (Å²) >= 11 is 0. The summed E-state index contributed by atoms with van der Waals surface area (Å²) in [7, 11) is -5.74. The Morgan fingerprint density at radius 3 is 1.83 bits per heavy atom. The van der Waals surface area contributed by atoms with Crippen LogP contribution in [0.15, 0.2) is 36.4 Å². The number of aryl methyl sites for hydroxylation is 3. The molecule has 35 heavy (non-hydrogen) atoms. The third kappa shape index (κ3) is 6.26. The van der Waals surface area contributed by atoms with E-state index in [1.807, 2.05) is 53.7 Å². The molecule has 2 aromatic rings. The van der Waals surface area contributed by atoms with E-state index in [4.69, 9.17) is 0 Å². The molecule has 194 valence electrons. The van der Waals surface area contributed by atoms with Gasteiger partial charge >= 0.3 is 15.6 Å². The van der Waals surface area contributed by atoms with Crippen LogP contribution in [-0.2, 0) is 26.7 Å². The first kappa shape index (κ1) is 28.9. The summed E-state index contributed by atoms with van der Waals surface area (Å²) in [6.07, 6.45) is 2.58. The lowest BCUT2D eigenvalue weighted by Gasteiger charge is -2.34. The zero-order chi connectivity index (χ0) is 26.8. The Kier molecular flexibility index (Phi) is 8.52. The van der Waals surface area contributed by atoms with E-state index in [0.29, 0.717) is 18.4 Å². The van der Waals surface area contributed by atoms with Gasteiger partial charge in [-0.15, -0.1) is 0 Å². The van der Waals surface area contributed by atoms with Crippen LogP contribution in [0.25, 0.3) is 0 Å². The molecule has 0 bridgehead atoms. The first-order valence-electron chi connectivity index (χ1n) is 11.7. The topological polar surface area (TPSA) is 60.4 Å². The zero-order valence-corrected chi connectivity index (χ0v) is 22.3. The standard InChI is InChI=1S/C27H35F3O4S/c1-8-26(9-2,21-12-10-20(18(3)16-21)11-15-24(31)25(5,6)7)22-13-14-23(19(4)17-22)34-35(32,33)27(28,29)30/h10,12-14,16-17H,8-9,11,15H2,1-7H3. The molecule has 4 nitrogen and oxygen atoms in total. The second-order valence-electron chi connectivity index (χ2n) is 10.1. The Hall–Kier alpha value is -2.35. The largest absolute Gasteiger partial charge is 0.534 e. The van der Waals surface area contributed by atoms with Gasteiger partial charge in [-0.2, -0.15) is 21.6 Å². The first-order valence-corrected chi connectivity index (χ1v) is 13.1. The summed E-state index contributed by atoms with van der Waals surface area (Å²) in [5, 5.41) is 0. The summed E-state index contributed by atoms with van der Waals surface area (Å²) in [5.74, 6) is -0.134. The normalized spacial score (nSPS) is 13.1. The van der Waals surface area contributed by atoms with Gasteiger partial charge in [-0.05, 0) is 67.0 Å². The number of hydrogen-bond acceptors (Lipinski definition) is 4. The van der Waals surface area contributed by atoms with Crippen molar-refractivity contribution in [2.45, 2.75) is 85.1 Å². The maximum absolute atomic E-state index is 12.7. The molecule has 0 unspecified atom stereocenters. The number of halogens is 3. The van der Waals surface area contributed by atoms with E-state index in [1.54, 1.807) is 12.1 Å². The minimum Gasteiger partial charge on any atom is -0.376 e. The van der Waals surface area contributed by atoms with Crippen molar-refractivity contribution in [1.82, 2.24) is 0 Å². The van der Waals surface area contributed by atoms with E-state index in [0.717, 1.165) is 35.1 Å². The number of Topliss-reactive ketones (excluding diaryl/α,β-unsaturated/α-hetero) is 1. The Labute approximate surface area is 207 Å². The number of alkyl halides is 3. The highest BCUT2D eigenvalue weighted by molar-refractivity contribution is 7.88. The fourth-order valence-electron chi connectivity index (χ4n) is 4.34. The summed E-state index contributed by atoms with van der Waals surface area (Å²) in [6, 6.07) is 10.8. The fourth-order valence-corrected chi connectivity index (χ4v) is 4.85. The van der Waals surface area contributed by atoms with Crippen LogP contribution in [0.5, 0.6) is 5.75 Å². The predicted octanol–water partition coefficient (Wildman–Crippen LogP) is 7.19. The number of rotatable bonds is 9. The molecule has 2 aromatic carbocycles. The second kappa shape index (κ2) is 10.3. The Balaban J connectivity index is 2.41. The number of carbonyl (C=O) groups excluding carboxylic acids is 1. The summed E-state index contributed by atoms with van der Waals surface area (Å²) in [5.41, 5.74) is -1.89. The number of carbonyl (C=O) groups is 1. The summed E-state index contributed by atoms with van der Waals surface area (Å²) < 4.78 is 65.5. The number of ketones is 1. The van der Waals surface area contributed by atoms with E-state index in [1.165, 1.54) is 13.0 Å². The molecule has 0 spiro atoms. The van der Waals surface area contributed by atoms with Crippen molar-refractivity contribution in [3.63, 3.8) is 0 Å². The second-order valence-corrected chi connectivity index (χ2v) is 11.6. The molecule has 0 radical (unpaired) electrons. The third-order valence-corrected chi connectivity index (χ3v) is 7.74. The van der Waals surface area contributed by atoms with E-state index in [2.05, 4.69) is 10.2 Å². The Morgan fingerprint density at radius 2 is 1.40 bits per heavy atom. The average Bonchev–Trinajstić information content (AvgIpc) is 2.74. The van der Waals surface area contributed by atoms with Gasteiger partial charge in [0, 0.05) is 17.3 Å². The van der Waals surface area contributed by atoms with Crippen LogP contribution < -0.4 is 4.18 Å². The van der Waals surface area contributed by atoms with Crippen LogP contribution in [0, 0.1) is 19.3 Å². The lowest BCUT2D eigenvalue weighted by atomic mass is 9.69. The van der Waals surface area contributed by atoms with Gasteiger partial charge in [-0.1, -0.05) is 65.0 Å². The van der Waals surface area contributed by atoms with Crippen LogP contribution >= 0.6 is 0 Å². The third-order valence-electron chi connectivity index (χ3n) is 6.77. The Bertz CT molecular complexity index is 1170. The van der Waals surface area contributed by atoms with E-state index < -0.39 is 21.0 Å². The lowest BCUT2D eigenvalue weighted by molar-refractivity contribution is -0.126. The Morgan fingerprint density at radius 1 is 0.886 bits per heavy atom. The molecule has 0 saturated heterocycles. The highest BCUT2D eigenvalue weighted by Gasteiger charge is 2.48. The highest BCUT2D eigenvalue weighted by Crippen LogP contribution is 2.41. The molecule has 0 atom stereocenters.